The molecule has 1 atom stereocenters. The van der Waals surface area contributed by atoms with E-state index < -0.39 is 45.4 Å². The molecule has 0 fully saturated rings. The summed E-state index contributed by atoms with van der Waals surface area (Å²) in [5.74, 6) is -0.697. The van der Waals surface area contributed by atoms with Gasteiger partial charge in [-0.2, -0.15) is 26.3 Å². The Morgan fingerprint density at radius 1 is 0.897 bits per heavy atom. The van der Waals surface area contributed by atoms with Gasteiger partial charge in [0.05, 0.1) is 16.6 Å². The maximum atomic E-state index is 13.7. The molecule has 210 valence electrons. The lowest BCUT2D eigenvalue weighted by atomic mass is 9.88. The van der Waals surface area contributed by atoms with Crippen LogP contribution in [0.3, 0.4) is 0 Å². The highest BCUT2D eigenvalue weighted by molar-refractivity contribution is 7.92. The molecule has 0 aromatic heterocycles. The summed E-state index contributed by atoms with van der Waals surface area (Å²) in [7, 11) is -4.42. The van der Waals surface area contributed by atoms with Crippen molar-refractivity contribution >= 4 is 15.7 Å². The van der Waals surface area contributed by atoms with Crippen molar-refractivity contribution in [1.29, 1.82) is 0 Å². The van der Waals surface area contributed by atoms with E-state index in [9.17, 15) is 44.3 Å². The Morgan fingerprint density at radius 3 is 2.10 bits per heavy atom. The Balaban J connectivity index is 1.76. The number of hydrogen-bond acceptors (Lipinski definition) is 4. The highest BCUT2D eigenvalue weighted by Gasteiger charge is 2.71. The minimum absolute atomic E-state index is 0.0507. The van der Waals surface area contributed by atoms with Crippen molar-refractivity contribution in [2.24, 2.45) is 0 Å². The molecule has 0 amide bonds. The summed E-state index contributed by atoms with van der Waals surface area (Å²) in [6.45, 7) is 0.476. The van der Waals surface area contributed by atoms with E-state index in [0.29, 0.717) is 18.7 Å². The van der Waals surface area contributed by atoms with Crippen LogP contribution in [0.15, 0.2) is 77.7 Å². The summed E-state index contributed by atoms with van der Waals surface area (Å²) in [6.07, 6.45) is -12.2. The molecule has 0 bridgehead atoms. The first-order valence-electron chi connectivity index (χ1n) is 11.7. The molecule has 3 aromatic carbocycles. The average Bonchev–Trinajstić information content (AvgIpc) is 2.87. The van der Waals surface area contributed by atoms with Gasteiger partial charge < -0.3 is 10.4 Å². The Morgan fingerprint density at radius 2 is 1.51 bits per heavy atom. The number of benzene rings is 3. The SMILES string of the molecule is O=S(=O)(c1ccc(F)cc1)N1c2ccc(C(O)(C(F)(F)F)C(F)(F)F)cc2CCC1CNCc1ccccc1. The third-order valence-electron chi connectivity index (χ3n) is 6.56. The summed E-state index contributed by atoms with van der Waals surface area (Å²) < 4.78 is 123. The van der Waals surface area contributed by atoms with Gasteiger partial charge in [0.25, 0.3) is 15.6 Å². The quantitative estimate of drug-likeness (QED) is 0.368. The molecular weight excluding hydrogens is 553 g/mol. The first kappa shape index (κ1) is 28.8. The topological polar surface area (TPSA) is 69.6 Å². The van der Waals surface area contributed by atoms with Gasteiger partial charge >= 0.3 is 12.4 Å². The number of hydrogen-bond donors (Lipinski definition) is 2. The molecule has 39 heavy (non-hydrogen) atoms. The lowest BCUT2D eigenvalue weighted by Crippen LogP contribution is -2.54. The summed E-state index contributed by atoms with van der Waals surface area (Å²) in [5, 5.41) is 13.0. The number of fused-ring (bicyclic) bond motifs is 1. The van der Waals surface area contributed by atoms with Gasteiger partial charge in [-0.15, -0.1) is 0 Å². The molecule has 1 heterocycles. The van der Waals surface area contributed by atoms with Gasteiger partial charge in [-0.3, -0.25) is 4.31 Å². The summed E-state index contributed by atoms with van der Waals surface area (Å²) >= 11 is 0. The minimum atomic E-state index is -6.09. The molecule has 1 aliphatic heterocycles. The van der Waals surface area contributed by atoms with E-state index in [1.807, 2.05) is 30.3 Å². The maximum Gasteiger partial charge on any atom is 0.430 e. The number of rotatable bonds is 7. The van der Waals surface area contributed by atoms with Crippen molar-refractivity contribution in [2.45, 2.75) is 48.3 Å². The van der Waals surface area contributed by atoms with E-state index in [0.717, 1.165) is 40.2 Å². The van der Waals surface area contributed by atoms with E-state index in [1.165, 1.54) is 0 Å². The normalized spacial score (nSPS) is 16.7. The molecule has 0 saturated carbocycles. The number of halogens is 7. The molecule has 0 saturated heterocycles. The second-order valence-corrected chi connectivity index (χ2v) is 10.9. The van der Waals surface area contributed by atoms with Crippen molar-refractivity contribution in [1.82, 2.24) is 5.32 Å². The Labute approximate surface area is 219 Å². The molecule has 0 aliphatic carbocycles. The zero-order valence-electron chi connectivity index (χ0n) is 20.1. The van der Waals surface area contributed by atoms with E-state index in [2.05, 4.69) is 5.32 Å². The molecule has 0 radical (unpaired) electrons. The minimum Gasteiger partial charge on any atom is -0.369 e. The van der Waals surface area contributed by atoms with Gasteiger partial charge in [0.1, 0.15) is 5.82 Å². The van der Waals surface area contributed by atoms with E-state index >= 15 is 0 Å². The highest BCUT2D eigenvalue weighted by Crippen LogP contribution is 2.51. The predicted octanol–water partition coefficient (Wildman–Crippen LogP) is 5.44. The van der Waals surface area contributed by atoms with Crippen LogP contribution in [0.2, 0.25) is 0 Å². The molecule has 13 heteroatoms. The van der Waals surface area contributed by atoms with Crippen LogP contribution in [0, 0.1) is 5.82 Å². The van der Waals surface area contributed by atoms with Crippen LogP contribution < -0.4 is 9.62 Å². The van der Waals surface area contributed by atoms with E-state index in [-0.39, 0.29) is 35.5 Å². The Kier molecular flexibility index (Phi) is 7.71. The molecule has 3 aromatic rings. The number of alkyl halides is 6. The van der Waals surface area contributed by atoms with Gasteiger partial charge in [0.2, 0.25) is 0 Å². The molecule has 1 unspecified atom stereocenters. The summed E-state index contributed by atoms with van der Waals surface area (Å²) in [6, 6.07) is 14.1. The number of anilines is 1. The fourth-order valence-corrected chi connectivity index (χ4v) is 6.28. The van der Waals surface area contributed by atoms with E-state index in [4.69, 9.17) is 0 Å². The third kappa shape index (κ3) is 5.48. The third-order valence-corrected chi connectivity index (χ3v) is 8.44. The number of nitrogens with zero attached hydrogens (tertiary/aromatic N) is 1. The fourth-order valence-electron chi connectivity index (χ4n) is 4.56. The smallest absolute Gasteiger partial charge is 0.369 e. The van der Waals surface area contributed by atoms with Crippen molar-refractivity contribution < 1.29 is 44.3 Å². The highest BCUT2D eigenvalue weighted by atomic mass is 32.2. The Hall–Kier alpha value is -3.16. The molecule has 5 nitrogen and oxygen atoms in total. The van der Waals surface area contributed by atoms with Gasteiger partial charge in [0, 0.05) is 18.7 Å². The average molecular weight is 577 g/mol. The van der Waals surface area contributed by atoms with Crippen LogP contribution in [0.25, 0.3) is 0 Å². The van der Waals surface area contributed by atoms with Crippen LogP contribution in [0.5, 0.6) is 0 Å². The zero-order chi connectivity index (χ0) is 28.6. The largest absolute Gasteiger partial charge is 0.430 e. The second kappa shape index (κ2) is 10.4. The van der Waals surface area contributed by atoms with Crippen molar-refractivity contribution in [3.63, 3.8) is 0 Å². The van der Waals surface area contributed by atoms with Crippen LogP contribution in [-0.2, 0) is 28.6 Å². The number of aryl methyl sites for hydroxylation is 1. The predicted molar refractivity (Wildman–Crippen MR) is 129 cm³/mol. The fraction of sp³-hybridized carbons (Fsp3) is 0.308. The number of aliphatic hydroxyl groups is 1. The van der Waals surface area contributed by atoms with Crippen LogP contribution in [-0.4, -0.2) is 38.5 Å². The monoisotopic (exact) mass is 576 g/mol. The van der Waals surface area contributed by atoms with Crippen molar-refractivity contribution in [3.8, 4) is 0 Å². The maximum absolute atomic E-state index is 13.7. The lowest BCUT2D eigenvalue weighted by molar-refractivity contribution is -0.376. The van der Waals surface area contributed by atoms with Crippen molar-refractivity contribution in [2.75, 3.05) is 10.8 Å². The molecule has 0 spiro atoms. The molecule has 4 rings (SSSR count). The van der Waals surface area contributed by atoms with E-state index in [1.54, 1.807) is 0 Å². The Bertz CT molecular complexity index is 1400. The lowest BCUT2D eigenvalue weighted by Gasteiger charge is -2.39. The molecule has 2 N–H and O–H groups in total. The van der Waals surface area contributed by atoms with Gasteiger partial charge in [-0.1, -0.05) is 42.5 Å². The number of sulfonamides is 1. The second-order valence-electron chi connectivity index (χ2n) is 9.11. The molecule has 1 aliphatic rings. The van der Waals surface area contributed by atoms with Gasteiger partial charge in [0.15, 0.2) is 0 Å². The van der Waals surface area contributed by atoms with Crippen molar-refractivity contribution in [3.05, 3.63) is 95.3 Å². The van der Waals surface area contributed by atoms with Gasteiger partial charge in [-0.25, -0.2) is 12.8 Å². The standard InChI is InChI=1S/C26H23F7N2O3S/c27-20-8-11-22(12-9-20)39(37,38)35-21(16-34-15-17-4-2-1-3-5-17)10-6-18-14-19(7-13-23(18)35)24(36,25(28,29)30)26(31,32)33/h1-5,7-9,11-14,21,34,36H,6,10,15-16H2. The van der Waals surface area contributed by atoms with Crippen LogP contribution in [0.1, 0.15) is 23.1 Å². The van der Waals surface area contributed by atoms with Crippen LogP contribution in [0.4, 0.5) is 36.4 Å². The van der Waals surface area contributed by atoms with Gasteiger partial charge in [-0.05, 0) is 54.3 Å². The molecular formula is C26H23F7N2O3S. The zero-order valence-corrected chi connectivity index (χ0v) is 20.9. The summed E-state index contributed by atoms with van der Waals surface area (Å²) in [5.41, 5.74) is -5.97. The van der Waals surface area contributed by atoms with Crippen LogP contribution >= 0.6 is 0 Å². The number of nitrogens with one attached hydrogen (secondary N) is 1. The summed E-state index contributed by atoms with van der Waals surface area (Å²) in [4.78, 5) is -0.309. The first-order chi connectivity index (χ1) is 18.2. The first-order valence-corrected chi connectivity index (χ1v) is 13.1.